The average Bonchev–Trinajstić information content (AvgIpc) is 2.78. The van der Waals surface area contributed by atoms with Gasteiger partial charge in [-0.05, 0) is 20.1 Å². The number of thioether (sulfide) groups is 1. The van der Waals surface area contributed by atoms with Crippen molar-refractivity contribution in [2.75, 3.05) is 18.2 Å². The molecule has 0 fully saturated rings. The molecule has 0 aliphatic heterocycles. The van der Waals surface area contributed by atoms with Crippen LogP contribution in [-0.4, -0.2) is 48.8 Å². The van der Waals surface area contributed by atoms with E-state index < -0.39 is 0 Å². The number of fused-ring (bicyclic) bond motifs is 1. The Morgan fingerprint density at radius 2 is 2.33 bits per heavy atom. The number of aliphatic hydroxyl groups excluding tert-OH is 1. The van der Waals surface area contributed by atoms with Gasteiger partial charge >= 0.3 is 0 Å². The highest BCUT2D eigenvalue weighted by Gasteiger charge is 2.16. The molecule has 0 aromatic carbocycles. The lowest BCUT2D eigenvalue weighted by Crippen LogP contribution is -2.31. The molecule has 0 bridgehead atoms. The minimum Gasteiger partial charge on any atom is -0.395 e. The van der Waals surface area contributed by atoms with E-state index in [1.165, 1.54) is 6.33 Å². The number of nitrogens with one attached hydrogen (secondary N) is 1. The van der Waals surface area contributed by atoms with E-state index in [1.54, 1.807) is 16.3 Å². The molecule has 18 heavy (non-hydrogen) atoms. The van der Waals surface area contributed by atoms with Crippen molar-refractivity contribution >= 4 is 23.4 Å². The van der Waals surface area contributed by atoms with Crippen LogP contribution in [0.4, 0.5) is 5.82 Å². The van der Waals surface area contributed by atoms with Gasteiger partial charge in [-0.3, -0.25) is 0 Å². The number of hydrogen-bond acceptors (Lipinski definition) is 6. The lowest BCUT2D eigenvalue weighted by atomic mass is 10.2. The zero-order valence-corrected chi connectivity index (χ0v) is 11.5. The summed E-state index contributed by atoms with van der Waals surface area (Å²) in [5.41, 5.74) is 0.884. The van der Waals surface area contributed by atoms with E-state index in [4.69, 9.17) is 0 Å². The van der Waals surface area contributed by atoms with Gasteiger partial charge in [0, 0.05) is 23.1 Å². The summed E-state index contributed by atoms with van der Waals surface area (Å²) in [7, 11) is 0. The summed E-state index contributed by atoms with van der Waals surface area (Å²) < 4.78 is 1.66. The monoisotopic (exact) mass is 267 g/mol. The molecule has 2 aromatic rings. The van der Waals surface area contributed by atoms with E-state index in [-0.39, 0.29) is 17.9 Å². The predicted molar refractivity (Wildman–Crippen MR) is 73.0 cm³/mol. The molecule has 0 saturated heterocycles. The summed E-state index contributed by atoms with van der Waals surface area (Å²) in [6.45, 7) is 4.10. The predicted octanol–water partition coefficient (Wildman–Crippen LogP) is 0.957. The van der Waals surface area contributed by atoms with Crippen LogP contribution in [0.1, 0.15) is 12.6 Å². The molecule has 2 unspecified atom stereocenters. The Labute approximate surface area is 110 Å². The largest absolute Gasteiger partial charge is 0.395 e. The van der Waals surface area contributed by atoms with Crippen molar-refractivity contribution in [1.29, 1.82) is 0 Å². The van der Waals surface area contributed by atoms with E-state index >= 15 is 0 Å². The highest BCUT2D eigenvalue weighted by molar-refractivity contribution is 7.99. The minimum absolute atomic E-state index is 0.124. The average molecular weight is 267 g/mol. The molecule has 0 aliphatic carbocycles. The maximum absolute atomic E-state index is 9.29. The normalized spacial score (nSPS) is 14.7. The van der Waals surface area contributed by atoms with Crippen molar-refractivity contribution in [3.05, 3.63) is 18.1 Å². The van der Waals surface area contributed by atoms with E-state index in [1.807, 2.05) is 26.2 Å². The highest BCUT2D eigenvalue weighted by atomic mass is 32.2. The van der Waals surface area contributed by atoms with Crippen molar-refractivity contribution in [3.8, 4) is 0 Å². The summed E-state index contributed by atoms with van der Waals surface area (Å²) in [4.78, 5) is 8.36. The molecule has 6 nitrogen and oxygen atoms in total. The Kier molecular flexibility index (Phi) is 4.03. The van der Waals surface area contributed by atoms with Crippen LogP contribution in [0.5, 0.6) is 0 Å². The van der Waals surface area contributed by atoms with Crippen molar-refractivity contribution in [1.82, 2.24) is 19.6 Å². The van der Waals surface area contributed by atoms with Crippen molar-refractivity contribution in [3.63, 3.8) is 0 Å². The topological polar surface area (TPSA) is 75.3 Å². The second-order valence-corrected chi connectivity index (χ2v) is 5.22. The number of aromatic nitrogens is 4. The summed E-state index contributed by atoms with van der Waals surface area (Å²) in [6.07, 6.45) is 3.47. The quantitative estimate of drug-likeness (QED) is 0.840. The number of hydrogen-bond donors (Lipinski definition) is 2. The molecular formula is C11H17N5OS. The van der Waals surface area contributed by atoms with Crippen LogP contribution < -0.4 is 5.32 Å². The molecular weight excluding hydrogens is 250 g/mol. The molecule has 98 valence electrons. The van der Waals surface area contributed by atoms with Crippen LogP contribution in [0.3, 0.4) is 0 Å². The standard InChI is InChI=1S/C11H17N5OS/c1-7-4-10(15-8(2)9(5-17)18-3)16-11(14-7)12-6-13-16/h4,6,8-9,15,17H,5H2,1-3H3. The molecule has 2 heterocycles. The number of nitrogens with zero attached hydrogens (tertiary/aromatic N) is 4. The third-order valence-corrected chi connectivity index (χ3v) is 3.96. The van der Waals surface area contributed by atoms with Crippen LogP contribution in [0.2, 0.25) is 0 Å². The summed E-state index contributed by atoms with van der Waals surface area (Å²) in [5.74, 6) is 1.42. The van der Waals surface area contributed by atoms with Gasteiger partial charge in [0.05, 0.1) is 6.61 Å². The number of aliphatic hydroxyl groups is 1. The SMILES string of the molecule is CSC(CO)C(C)Nc1cc(C)nc2ncnn12. The van der Waals surface area contributed by atoms with Crippen molar-refractivity contribution in [2.45, 2.75) is 25.1 Å². The Morgan fingerprint density at radius 3 is 3.00 bits per heavy atom. The fraction of sp³-hybridized carbons (Fsp3) is 0.545. The molecule has 2 rings (SSSR count). The van der Waals surface area contributed by atoms with Gasteiger partial charge in [-0.15, -0.1) is 0 Å². The second kappa shape index (κ2) is 5.53. The van der Waals surface area contributed by atoms with Gasteiger partial charge in [-0.1, -0.05) is 0 Å². The number of rotatable bonds is 5. The maximum atomic E-state index is 9.29. The van der Waals surface area contributed by atoms with Crippen LogP contribution in [0, 0.1) is 6.92 Å². The first kappa shape index (κ1) is 13.1. The highest BCUT2D eigenvalue weighted by Crippen LogP contribution is 2.17. The second-order valence-electron chi connectivity index (χ2n) is 4.14. The molecule has 7 heteroatoms. The van der Waals surface area contributed by atoms with Crippen LogP contribution in [0.15, 0.2) is 12.4 Å². The molecule has 0 saturated carbocycles. The van der Waals surface area contributed by atoms with Gasteiger partial charge in [0.2, 0.25) is 0 Å². The van der Waals surface area contributed by atoms with E-state index in [0.29, 0.717) is 5.78 Å². The Balaban J connectivity index is 2.28. The maximum Gasteiger partial charge on any atom is 0.254 e. The minimum atomic E-state index is 0.124. The van der Waals surface area contributed by atoms with Gasteiger partial charge in [0.1, 0.15) is 12.1 Å². The zero-order chi connectivity index (χ0) is 13.1. The molecule has 2 atom stereocenters. The smallest absolute Gasteiger partial charge is 0.254 e. The molecule has 0 amide bonds. The molecule has 2 N–H and O–H groups in total. The van der Waals surface area contributed by atoms with Crippen LogP contribution in [0.25, 0.3) is 5.78 Å². The van der Waals surface area contributed by atoms with Gasteiger partial charge in [-0.2, -0.15) is 26.4 Å². The number of aryl methyl sites for hydroxylation is 1. The van der Waals surface area contributed by atoms with Gasteiger partial charge < -0.3 is 10.4 Å². The Morgan fingerprint density at radius 1 is 1.56 bits per heavy atom. The molecule has 0 radical (unpaired) electrons. The van der Waals surface area contributed by atoms with Crippen molar-refractivity contribution in [2.24, 2.45) is 0 Å². The van der Waals surface area contributed by atoms with Gasteiger partial charge in [0.15, 0.2) is 0 Å². The third-order valence-electron chi connectivity index (χ3n) is 2.80. The molecule has 0 spiro atoms. The molecule has 2 aromatic heterocycles. The first-order valence-electron chi connectivity index (χ1n) is 5.73. The molecule has 0 aliphatic rings. The van der Waals surface area contributed by atoms with E-state index in [0.717, 1.165) is 11.5 Å². The van der Waals surface area contributed by atoms with Crippen LogP contribution in [-0.2, 0) is 0 Å². The summed E-state index contributed by atoms with van der Waals surface area (Å²) in [6, 6.07) is 2.05. The van der Waals surface area contributed by atoms with Crippen LogP contribution >= 0.6 is 11.8 Å². The third kappa shape index (κ3) is 2.56. The Bertz CT molecular complexity index is 525. The zero-order valence-electron chi connectivity index (χ0n) is 10.7. The fourth-order valence-corrected chi connectivity index (χ4v) is 2.42. The first-order valence-corrected chi connectivity index (χ1v) is 7.02. The summed E-state index contributed by atoms with van der Waals surface area (Å²) in [5, 5.41) is 16.9. The van der Waals surface area contributed by atoms with Gasteiger partial charge in [0.25, 0.3) is 5.78 Å². The van der Waals surface area contributed by atoms with E-state index in [9.17, 15) is 5.11 Å². The summed E-state index contributed by atoms with van der Waals surface area (Å²) >= 11 is 1.64. The fourth-order valence-electron chi connectivity index (χ4n) is 1.80. The first-order chi connectivity index (χ1) is 8.65. The lowest BCUT2D eigenvalue weighted by molar-refractivity contribution is 0.288. The van der Waals surface area contributed by atoms with Crippen molar-refractivity contribution < 1.29 is 5.11 Å². The number of anilines is 1. The van der Waals surface area contributed by atoms with E-state index in [2.05, 4.69) is 20.4 Å². The Hall–Kier alpha value is -1.34. The van der Waals surface area contributed by atoms with Gasteiger partial charge in [-0.25, -0.2) is 4.98 Å². The lowest BCUT2D eigenvalue weighted by Gasteiger charge is -2.22.